The van der Waals surface area contributed by atoms with Crippen LogP contribution in [0.5, 0.6) is 0 Å². The maximum Gasteiger partial charge on any atom is 0.243 e. The zero-order valence-electron chi connectivity index (χ0n) is 9.09. The molecule has 0 saturated heterocycles. The van der Waals surface area contributed by atoms with Gasteiger partial charge >= 0.3 is 0 Å². The highest BCUT2D eigenvalue weighted by Gasteiger charge is 2.31. The van der Waals surface area contributed by atoms with Gasteiger partial charge in [-0.05, 0) is 0 Å². The zero-order chi connectivity index (χ0) is 10.2. The van der Waals surface area contributed by atoms with Gasteiger partial charge in [0.15, 0.2) is 0 Å². The number of hydrazone groups is 1. The number of rotatable bonds is 0. The van der Waals surface area contributed by atoms with Crippen molar-refractivity contribution < 1.29 is 4.79 Å². The molecule has 1 rings (SSSR count). The van der Waals surface area contributed by atoms with Gasteiger partial charge in [0.05, 0.1) is 0 Å². The fourth-order valence-corrected chi connectivity index (χ4v) is 1.70. The smallest absolute Gasteiger partial charge is 0.243 e. The number of carbonyl (C=O) groups excluding carboxylic acids is 1. The van der Waals surface area contributed by atoms with Crippen molar-refractivity contribution in [1.29, 1.82) is 0 Å². The maximum atomic E-state index is 11.3. The minimum atomic E-state index is 0.0639. The van der Waals surface area contributed by atoms with Crippen LogP contribution in [0.2, 0.25) is 0 Å². The molecule has 3 heteroatoms. The van der Waals surface area contributed by atoms with Crippen molar-refractivity contribution in [3.63, 3.8) is 0 Å². The summed E-state index contributed by atoms with van der Waals surface area (Å²) in [7, 11) is 1.72. The molecule has 1 unspecified atom stereocenters. The van der Waals surface area contributed by atoms with Crippen LogP contribution in [0.3, 0.4) is 0 Å². The van der Waals surface area contributed by atoms with Gasteiger partial charge < -0.3 is 0 Å². The van der Waals surface area contributed by atoms with Gasteiger partial charge in [0.1, 0.15) is 0 Å². The van der Waals surface area contributed by atoms with Crippen LogP contribution >= 0.6 is 0 Å². The van der Waals surface area contributed by atoms with Crippen molar-refractivity contribution in [3.05, 3.63) is 0 Å². The Hall–Kier alpha value is -0.860. The fourth-order valence-electron chi connectivity index (χ4n) is 1.70. The molecule has 0 aromatic rings. The highest BCUT2D eigenvalue weighted by Crippen LogP contribution is 2.27. The Morgan fingerprint density at radius 3 is 2.46 bits per heavy atom. The summed E-state index contributed by atoms with van der Waals surface area (Å²) in [6, 6.07) is 0. The van der Waals surface area contributed by atoms with Gasteiger partial charge in [-0.2, -0.15) is 5.10 Å². The average Bonchev–Trinajstić information content (AvgIpc) is 1.94. The highest BCUT2D eigenvalue weighted by molar-refractivity contribution is 5.97. The van der Waals surface area contributed by atoms with Gasteiger partial charge in [0.25, 0.3) is 0 Å². The summed E-state index contributed by atoms with van der Waals surface area (Å²) in [5.74, 6) is 0.393. The second-order valence-electron chi connectivity index (χ2n) is 4.76. The topological polar surface area (TPSA) is 32.7 Å². The first-order valence-corrected chi connectivity index (χ1v) is 4.68. The van der Waals surface area contributed by atoms with E-state index in [9.17, 15) is 4.79 Å². The van der Waals surface area contributed by atoms with Crippen molar-refractivity contribution in [2.24, 2.45) is 16.4 Å². The zero-order valence-corrected chi connectivity index (χ0v) is 9.09. The van der Waals surface area contributed by atoms with Crippen molar-refractivity contribution in [2.45, 2.75) is 34.1 Å². The Bertz CT molecular complexity index is 250. The van der Waals surface area contributed by atoms with Gasteiger partial charge in [-0.15, -0.1) is 0 Å². The van der Waals surface area contributed by atoms with Gasteiger partial charge in [0, 0.05) is 30.5 Å². The SMILES string of the molecule is CC1CC(=O)N(C)N=C1C(C)(C)C. The number of amides is 1. The minimum absolute atomic E-state index is 0.0639. The number of carbonyl (C=O) groups is 1. The lowest BCUT2D eigenvalue weighted by Gasteiger charge is -2.32. The maximum absolute atomic E-state index is 11.3. The molecule has 1 amide bonds. The molecule has 0 radical (unpaired) electrons. The summed E-state index contributed by atoms with van der Waals surface area (Å²) in [4.78, 5) is 11.3. The van der Waals surface area contributed by atoms with E-state index in [4.69, 9.17) is 0 Å². The van der Waals surface area contributed by atoms with E-state index in [1.807, 2.05) is 0 Å². The van der Waals surface area contributed by atoms with E-state index in [1.165, 1.54) is 5.01 Å². The standard InChI is InChI=1S/C10H18N2O/c1-7-6-8(13)12(5)11-9(7)10(2,3)4/h7H,6H2,1-5H3. The molecule has 1 aliphatic heterocycles. The lowest BCUT2D eigenvalue weighted by Crippen LogP contribution is -2.38. The molecular weight excluding hydrogens is 164 g/mol. The van der Waals surface area contributed by atoms with E-state index < -0.39 is 0 Å². The lowest BCUT2D eigenvalue weighted by atomic mass is 9.81. The first-order valence-electron chi connectivity index (χ1n) is 4.68. The summed E-state index contributed by atoms with van der Waals surface area (Å²) in [6.07, 6.45) is 0.590. The lowest BCUT2D eigenvalue weighted by molar-refractivity contribution is -0.131. The fraction of sp³-hybridized carbons (Fsp3) is 0.800. The van der Waals surface area contributed by atoms with Crippen molar-refractivity contribution >= 4 is 11.6 Å². The van der Waals surface area contributed by atoms with Crippen LogP contribution in [0, 0.1) is 11.3 Å². The number of hydrogen-bond donors (Lipinski definition) is 0. The summed E-state index contributed by atoms with van der Waals surface area (Å²) in [5, 5.41) is 5.77. The molecule has 0 N–H and O–H groups in total. The van der Waals surface area contributed by atoms with Crippen LogP contribution in [0.1, 0.15) is 34.1 Å². The Morgan fingerprint density at radius 2 is 2.00 bits per heavy atom. The Morgan fingerprint density at radius 1 is 1.46 bits per heavy atom. The van der Waals surface area contributed by atoms with Gasteiger partial charge in [-0.1, -0.05) is 27.7 Å². The van der Waals surface area contributed by atoms with E-state index >= 15 is 0 Å². The second kappa shape index (κ2) is 3.13. The second-order valence-corrected chi connectivity index (χ2v) is 4.76. The van der Waals surface area contributed by atoms with E-state index in [1.54, 1.807) is 7.05 Å². The van der Waals surface area contributed by atoms with Crippen molar-refractivity contribution in [2.75, 3.05) is 7.05 Å². The molecule has 74 valence electrons. The van der Waals surface area contributed by atoms with Crippen LogP contribution in [-0.4, -0.2) is 23.7 Å². The Balaban J connectivity index is 2.97. The predicted octanol–water partition coefficient (Wildman–Crippen LogP) is 1.89. The van der Waals surface area contributed by atoms with Crippen LogP contribution < -0.4 is 0 Å². The minimum Gasteiger partial charge on any atom is -0.273 e. The van der Waals surface area contributed by atoms with Crippen LogP contribution in [0.25, 0.3) is 0 Å². The number of hydrogen-bond acceptors (Lipinski definition) is 2. The first kappa shape index (κ1) is 10.2. The monoisotopic (exact) mass is 182 g/mol. The molecule has 0 aliphatic carbocycles. The Labute approximate surface area is 79.8 Å². The molecule has 13 heavy (non-hydrogen) atoms. The molecule has 1 aliphatic rings. The third-order valence-electron chi connectivity index (χ3n) is 2.33. The molecule has 0 spiro atoms. The van der Waals surface area contributed by atoms with E-state index in [0.29, 0.717) is 6.42 Å². The van der Waals surface area contributed by atoms with Gasteiger partial charge in [-0.25, -0.2) is 5.01 Å². The van der Waals surface area contributed by atoms with Crippen LogP contribution in [0.15, 0.2) is 5.10 Å². The van der Waals surface area contributed by atoms with Gasteiger partial charge in [-0.3, -0.25) is 4.79 Å². The van der Waals surface area contributed by atoms with Gasteiger partial charge in [0.2, 0.25) is 5.91 Å². The summed E-state index contributed by atoms with van der Waals surface area (Å²) < 4.78 is 0. The molecular formula is C10H18N2O. The summed E-state index contributed by atoms with van der Waals surface area (Å²) in [6.45, 7) is 8.46. The van der Waals surface area contributed by atoms with Crippen LogP contribution in [0.4, 0.5) is 0 Å². The van der Waals surface area contributed by atoms with E-state index in [0.717, 1.165) is 5.71 Å². The number of nitrogens with zero attached hydrogens (tertiary/aromatic N) is 2. The van der Waals surface area contributed by atoms with Crippen molar-refractivity contribution in [1.82, 2.24) is 5.01 Å². The molecule has 0 aromatic carbocycles. The van der Waals surface area contributed by atoms with Crippen LogP contribution in [-0.2, 0) is 4.79 Å². The molecule has 1 heterocycles. The quantitative estimate of drug-likeness (QED) is 0.563. The third-order valence-corrected chi connectivity index (χ3v) is 2.33. The van der Waals surface area contributed by atoms with Crippen molar-refractivity contribution in [3.8, 4) is 0 Å². The molecule has 0 aromatic heterocycles. The predicted molar refractivity (Wildman–Crippen MR) is 53.4 cm³/mol. The first-order chi connectivity index (χ1) is 5.82. The average molecular weight is 182 g/mol. The Kier molecular flexibility index (Phi) is 2.46. The largest absolute Gasteiger partial charge is 0.273 e. The normalized spacial score (nSPS) is 24.7. The molecule has 0 bridgehead atoms. The third kappa shape index (κ3) is 2.08. The van der Waals surface area contributed by atoms with E-state index in [2.05, 4.69) is 32.8 Å². The molecule has 0 saturated carbocycles. The molecule has 3 nitrogen and oxygen atoms in total. The molecule has 1 atom stereocenters. The summed E-state index contributed by atoms with van der Waals surface area (Å²) >= 11 is 0. The molecule has 0 fully saturated rings. The van der Waals surface area contributed by atoms with E-state index in [-0.39, 0.29) is 17.2 Å². The highest BCUT2D eigenvalue weighted by atomic mass is 16.2. The summed E-state index contributed by atoms with van der Waals surface area (Å²) in [5.41, 5.74) is 1.18.